The topological polar surface area (TPSA) is 114 Å². The summed E-state index contributed by atoms with van der Waals surface area (Å²) in [7, 11) is 0. The first-order valence-electron chi connectivity index (χ1n) is 15.2. The van der Waals surface area contributed by atoms with Gasteiger partial charge in [0.2, 0.25) is 0 Å². The van der Waals surface area contributed by atoms with Crippen LogP contribution >= 0.6 is 0 Å². The number of aliphatic hydroxyl groups excluding tert-OH is 2. The Morgan fingerprint density at radius 2 is 1.69 bits per heavy atom. The van der Waals surface area contributed by atoms with Crippen LogP contribution in [0.15, 0.2) is 67.4 Å². The van der Waals surface area contributed by atoms with E-state index in [1.54, 1.807) is 0 Å². The first-order valence-corrected chi connectivity index (χ1v) is 15.2. The number of hydrogen-bond donors (Lipinski definition) is 4. The van der Waals surface area contributed by atoms with Crippen LogP contribution < -0.4 is 20.1 Å². The molecule has 230 valence electrons. The van der Waals surface area contributed by atoms with Crippen LogP contribution in [-0.4, -0.2) is 76.3 Å². The predicted octanol–water partition coefficient (Wildman–Crippen LogP) is 3.73. The number of hydrogen-bond acceptors (Lipinski definition) is 8. The van der Waals surface area contributed by atoms with Crippen molar-refractivity contribution in [2.24, 2.45) is 0 Å². The summed E-state index contributed by atoms with van der Waals surface area (Å²) < 4.78 is 13.4. The lowest BCUT2D eigenvalue weighted by atomic mass is 10.1. The van der Waals surface area contributed by atoms with Gasteiger partial charge in [0, 0.05) is 31.9 Å². The van der Waals surface area contributed by atoms with E-state index in [9.17, 15) is 10.2 Å². The number of benzene rings is 2. The van der Waals surface area contributed by atoms with Crippen molar-refractivity contribution in [2.45, 2.75) is 77.2 Å². The number of aliphatic hydroxyl groups is 2. The Morgan fingerprint density at radius 1 is 0.929 bits per heavy atom. The second-order valence-corrected chi connectivity index (χ2v) is 11.0. The average molecular weight is 580 g/mol. The molecular weight excluding hydrogens is 530 g/mol. The summed E-state index contributed by atoms with van der Waals surface area (Å²) in [6.07, 6.45) is 8.35. The highest BCUT2D eigenvalue weighted by Crippen LogP contribution is 2.19. The molecule has 1 aromatic heterocycles. The molecule has 1 heterocycles. The number of rotatable bonds is 22. The van der Waals surface area contributed by atoms with E-state index in [2.05, 4.69) is 53.5 Å². The molecule has 0 saturated heterocycles. The van der Waals surface area contributed by atoms with E-state index in [1.807, 2.05) is 53.4 Å². The summed E-state index contributed by atoms with van der Waals surface area (Å²) in [4.78, 5) is 0. The molecule has 42 heavy (non-hydrogen) atoms. The van der Waals surface area contributed by atoms with Crippen molar-refractivity contribution in [1.29, 1.82) is 0 Å². The van der Waals surface area contributed by atoms with Gasteiger partial charge in [0.1, 0.15) is 36.9 Å². The molecule has 0 radical (unpaired) electrons. The van der Waals surface area contributed by atoms with E-state index < -0.39 is 12.2 Å². The third kappa shape index (κ3) is 13.2. The lowest BCUT2D eigenvalue weighted by molar-refractivity contribution is 0.104. The summed E-state index contributed by atoms with van der Waals surface area (Å²) in [6, 6.07) is 16.3. The number of unbranched alkanes of at least 4 members (excludes halogenated alkanes) is 1. The Hall–Kier alpha value is -3.24. The predicted molar refractivity (Wildman–Crippen MR) is 167 cm³/mol. The molecule has 0 fully saturated rings. The summed E-state index contributed by atoms with van der Waals surface area (Å²) in [5.41, 5.74) is 3.33. The maximum absolute atomic E-state index is 10.3. The third-order valence-corrected chi connectivity index (χ3v) is 6.75. The summed E-state index contributed by atoms with van der Waals surface area (Å²) in [6.45, 7) is 11.0. The van der Waals surface area contributed by atoms with Crippen molar-refractivity contribution in [3.05, 3.63) is 84.2 Å². The van der Waals surface area contributed by atoms with E-state index in [0.29, 0.717) is 19.1 Å². The molecule has 0 bridgehead atoms. The van der Waals surface area contributed by atoms with Crippen LogP contribution in [-0.2, 0) is 25.8 Å². The van der Waals surface area contributed by atoms with E-state index >= 15 is 0 Å². The van der Waals surface area contributed by atoms with Gasteiger partial charge in [0.15, 0.2) is 0 Å². The molecule has 0 aliphatic rings. The molecule has 0 spiro atoms. The first kappa shape index (κ1) is 33.3. The third-order valence-electron chi connectivity index (χ3n) is 6.75. The van der Waals surface area contributed by atoms with E-state index in [-0.39, 0.29) is 13.2 Å². The van der Waals surface area contributed by atoms with Crippen LogP contribution in [0.25, 0.3) is 0 Å². The largest absolute Gasteiger partial charge is 0.491 e. The minimum absolute atomic E-state index is 0.247. The van der Waals surface area contributed by atoms with Crippen molar-refractivity contribution in [3.8, 4) is 11.5 Å². The minimum Gasteiger partial charge on any atom is -0.491 e. The van der Waals surface area contributed by atoms with Crippen molar-refractivity contribution in [1.82, 2.24) is 25.6 Å². The Morgan fingerprint density at radius 3 is 2.48 bits per heavy atom. The maximum atomic E-state index is 10.3. The Kier molecular flexibility index (Phi) is 15.1. The van der Waals surface area contributed by atoms with Gasteiger partial charge in [-0.2, -0.15) is 0 Å². The highest BCUT2D eigenvalue weighted by atomic mass is 16.5. The fourth-order valence-electron chi connectivity index (χ4n) is 4.42. The second kappa shape index (κ2) is 19.0. The zero-order valence-electron chi connectivity index (χ0n) is 25.3. The molecule has 0 saturated carbocycles. The molecule has 4 N–H and O–H groups in total. The molecule has 0 aliphatic heterocycles. The van der Waals surface area contributed by atoms with Crippen molar-refractivity contribution in [3.63, 3.8) is 0 Å². The van der Waals surface area contributed by atoms with Gasteiger partial charge in [-0.25, -0.2) is 0 Å². The monoisotopic (exact) mass is 579 g/mol. The number of allylic oxidation sites excluding steroid dienone is 1. The Bertz CT molecular complexity index is 1150. The van der Waals surface area contributed by atoms with Gasteiger partial charge in [-0.15, -0.1) is 11.7 Å². The number of nitrogens with one attached hydrogen (secondary N) is 2. The van der Waals surface area contributed by atoms with Crippen LogP contribution in [0, 0.1) is 0 Å². The van der Waals surface area contributed by atoms with E-state index in [0.717, 1.165) is 74.4 Å². The number of aryl methyl sites for hydroxylation is 3. The maximum Gasteiger partial charge on any atom is 0.122 e. The number of ether oxygens (including phenoxy) is 2. The minimum atomic E-state index is -0.579. The SMILES string of the molecule is C=CCc1ccccc1OC[C@@H](O)CNCCCc1cn(CCCCc2ccc(OC[C@@H](O)CNC(C)C)cc2)nn1. The fraction of sp³-hybridized carbons (Fsp3) is 0.515. The molecule has 0 unspecified atom stereocenters. The molecule has 3 aromatic rings. The molecule has 2 aromatic carbocycles. The van der Waals surface area contributed by atoms with Crippen LogP contribution in [0.4, 0.5) is 0 Å². The lowest BCUT2D eigenvalue weighted by Gasteiger charge is -2.15. The van der Waals surface area contributed by atoms with E-state index in [4.69, 9.17) is 9.47 Å². The zero-order valence-corrected chi connectivity index (χ0v) is 25.3. The van der Waals surface area contributed by atoms with Gasteiger partial charge in [0.25, 0.3) is 0 Å². The second-order valence-electron chi connectivity index (χ2n) is 11.0. The number of nitrogens with zero attached hydrogens (tertiary/aromatic N) is 3. The van der Waals surface area contributed by atoms with Gasteiger partial charge < -0.3 is 30.3 Å². The van der Waals surface area contributed by atoms with Gasteiger partial charge in [-0.1, -0.05) is 55.5 Å². The molecule has 0 aliphatic carbocycles. The van der Waals surface area contributed by atoms with Gasteiger partial charge in [-0.3, -0.25) is 4.68 Å². The van der Waals surface area contributed by atoms with Crippen LogP contribution in [0.5, 0.6) is 11.5 Å². The van der Waals surface area contributed by atoms with Crippen molar-refractivity contribution >= 4 is 0 Å². The standard InChI is InChI=1S/C33H49N5O4/c1-4-10-28-12-5-6-14-33(28)42-25-30(39)21-34-19-9-13-29-23-38(37-36-29)20-8-7-11-27-15-17-32(18-16-27)41-24-31(40)22-35-26(2)3/h4-6,12,14-18,23,26,30-31,34-35,39-40H,1,7-11,13,19-22,24-25H2,2-3H3/t30-,31-/m0/s1. The van der Waals surface area contributed by atoms with E-state index in [1.165, 1.54) is 5.56 Å². The molecule has 2 atom stereocenters. The fourth-order valence-corrected chi connectivity index (χ4v) is 4.42. The Balaban J connectivity index is 1.22. The van der Waals surface area contributed by atoms with Gasteiger partial charge >= 0.3 is 0 Å². The van der Waals surface area contributed by atoms with Crippen LogP contribution in [0.2, 0.25) is 0 Å². The molecular formula is C33H49N5O4. The summed E-state index contributed by atoms with van der Waals surface area (Å²) in [5, 5.41) is 35.3. The normalized spacial score (nSPS) is 12.8. The number of para-hydroxylation sites is 1. The molecule has 9 nitrogen and oxygen atoms in total. The van der Waals surface area contributed by atoms with Gasteiger partial charge in [0.05, 0.1) is 5.69 Å². The summed E-state index contributed by atoms with van der Waals surface area (Å²) in [5.74, 6) is 1.57. The lowest BCUT2D eigenvalue weighted by Crippen LogP contribution is -2.35. The number of aromatic nitrogens is 3. The Labute approximate surface area is 251 Å². The average Bonchev–Trinajstić information content (AvgIpc) is 3.45. The molecule has 9 heteroatoms. The zero-order chi connectivity index (χ0) is 30.0. The van der Waals surface area contributed by atoms with Crippen LogP contribution in [0.3, 0.4) is 0 Å². The van der Waals surface area contributed by atoms with Crippen LogP contribution in [0.1, 0.15) is 49.9 Å². The molecule has 0 amide bonds. The summed E-state index contributed by atoms with van der Waals surface area (Å²) >= 11 is 0. The first-order chi connectivity index (χ1) is 20.4. The molecule has 3 rings (SSSR count). The smallest absolute Gasteiger partial charge is 0.122 e. The highest BCUT2D eigenvalue weighted by Gasteiger charge is 2.09. The van der Waals surface area contributed by atoms with Gasteiger partial charge in [-0.05, 0) is 74.4 Å². The van der Waals surface area contributed by atoms with Crippen molar-refractivity contribution in [2.75, 3.05) is 32.8 Å². The quantitative estimate of drug-likeness (QED) is 0.105. The highest BCUT2D eigenvalue weighted by molar-refractivity contribution is 5.34. The van der Waals surface area contributed by atoms with Crippen molar-refractivity contribution < 1.29 is 19.7 Å².